The molecule has 118 valence electrons. The molecule has 0 radical (unpaired) electrons. The molecule has 10 heteroatoms. The molecule has 0 aliphatic carbocycles. The van der Waals surface area contributed by atoms with Crippen molar-refractivity contribution in [1.82, 2.24) is 24.5 Å². The fourth-order valence-electron chi connectivity index (χ4n) is 1.93. The first-order valence-electron chi connectivity index (χ1n) is 6.54. The minimum atomic E-state index is -0.596. The van der Waals surface area contributed by atoms with Crippen molar-refractivity contribution in [3.05, 3.63) is 38.7 Å². The van der Waals surface area contributed by atoms with E-state index in [1.807, 2.05) is 6.92 Å². The summed E-state index contributed by atoms with van der Waals surface area (Å²) in [5.74, 6) is -0.476. The van der Waals surface area contributed by atoms with Crippen molar-refractivity contribution in [2.45, 2.75) is 26.6 Å². The maximum absolute atomic E-state index is 12.2. The lowest BCUT2D eigenvalue weighted by molar-refractivity contribution is -0.389. The van der Waals surface area contributed by atoms with Gasteiger partial charge in [0.15, 0.2) is 0 Å². The summed E-state index contributed by atoms with van der Waals surface area (Å²) in [7, 11) is 1.67. The van der Waals surface area contributed by atoms with Crippen LogP contribution in [0.1, 0.15) is 12.6 Å². The summed E-state index contributed by atoms with van der Waals surface area (Å²) in [6.07, 6.45) is 3.10. The van der Waals surface area contributed by atoms with Gasteiger partial charge in [-0.1, -0.05) is 0 Å². The lowest BCUT2D eigenvalue weighted by Gasteiger charge is -2.17. The minimum absolute atomic E-state index is 0.0534. The second kappa shape index (κ2) is 6.69. The second-order valence-corrected chi connectivity index (χ2v) is 5.49. The van der Waals surface area contributed by atoms with Gasteiger partial charge >= 0.3 is 5.82 Å². The molecule has 0 atom stereocenters. The third kappa shape index (κ3) is 3.50. The van der Waals surface area contributed by atoms with Gasteiger partial charge in [-0.05, 0) is 27.8 Å². The van der Waals surface area contributed by atoms with Crippen LogP contribution < -0.4 is 0 Å². The third-order valence-corrected chi connectivity index (χ3v) is 3.78. The van der Waals surface area contributed by atoms with Crippen molar-refractivity contribution < 1.29 is 9.72 Å². The summed E-state index contributed by atoms with van der Waals surface area (Å²) in [6.45, 7) is 3.00. The zero-order chi connectivity index (χ0) is 16.3. The minimum Gasteiger partial charge on any atom is -0.358 e. The third-order valence-electron chi connectivity index (χ3n) is 3.12. The molecule has 0 unspecified atom stereocenters. The predicted molar refractivity (Wildman–Crippen MR) is 81.0 cm³/mol. The molecular formula is C12H15BrN6O3. The van der Waals surface area contributed by atoms with E-state index in [1.54, 1.807) is 17.9 Å². The van der Waals surface area contributed by atoms with Crippen LogP contribution in [0, 0.1) is 10.1 Å². The summed E-state index contributed by atoms with van der Waals surface area (Å²) >= 11 is 3.41. The van der Waals surface area contributed by atoms with Gasteiger partial charge in [-0.3, -0.25) is 9.48 Å². The lowest BCUT2D eigenvalue weighted by Crippen LogP contribution is -2.31. The van der Waals surface area contributed by atoms with E-state index in [-0.39, 0.29) is 18.3 Å². The van der Waals surface area contributed by atoms with Crippen molar-refractivity contribution >= 4 is 27.7 Å². The molecule has 2 aromatic rings. The average molecular weight is 371 g/mol. The topological polar surface area (TPSA) is 99.1 Å². The SMILES string of the molecule is CCn1ncc(Br)c1CN(C)C(=O)Cn1ccc([N+](=O)[O-])n1. The number of aryl methyl sites for hydroxylation is 1. The first-order chi connectivity index (χ1) is 10.4. The van der Waals surface area contributed by atoms with E-state index in [4.69, 9.17) is 0 Å². The molecule has 0 N–H and O–H groups in total. The van der Waals surface area contributed by atoms with Crippen molar-refractivity contribution in [3.63, 3.8) is 0 Å². The Labute approximate surface area is 134 Å². The van der Waals surface area contributed by atoms with Gasteiger partial charge in [0.1, 0.15) is 6.54 Å². The molecule has 0 bridgehead atoms. The van der Waals surface area contributed by atoms with Crippen molar-refractivity contribution in [1.29, 1.82) is 0 Å². The largest absolute Gasteiger partial charge is 0.389 e. The summed E-state index contributed by atoms with van der Waals surface area (Å²) < 4.78 is 3.89. The van der Waals surface area contributed by atoms with E-state index in [0.29, 0.717) is 13.1 Å². The first kappa shape index (κ1) is 16.1. The highest BCUT2D eigenvalue weighted by Crippen LogP contribution is 2.17. The normalized spacial score (nSPS) is 10.7. The van der Waals surface area contributed by atoms with Gasteiger partial charge in [0, 0.05) is 13.6 Å². The van der Waals surface area contributed by atoms with Crippen LogP contribution in [0.15, 0.2) is 22.9 Å². The number of carbonyl (C=O) groups is 1. The maximum Gasteiger partial charge on any atom is 0.389 e. The molecule has 0 aromatic carbocycles. The highest BCUT2D eigenvalue weighted by Gasteiger charge is 2.18. The number of carbonyl (C=O) groups excluding carboxylic acids is 1. The molecule has 0 saturated heterocycles. The lowest BCUT2D eigenvalue weighted by atomic mass is 10.3. The smallest absolute Gasteiger partial charge is 0.358 e. The van der Waals surface area contributed by atoms with Crippen LogP contribution in [-0.4, -0.2) is 42.3 Å². The van der Waals surface area contributed by atoms with Crippen LogP contribution in [0.3, 0.4) is 0 Å². The van der Waals surface area contributed by atoms with E-state index in [1.165, 1.54) is 21.8 Å². The average Bonchev–Trinajstić information content (AvgIpc) is 3.07. The van der Waals surface area contributed by atoms with Crippen molar-refractivity contribution in [2.75, 3.05) is 7.05 Å². The number of nitro groups is 1. The van der Waals surface area contributed by atoms with Gasteiger partial charge in [-0.2, -0.15) is 9.78 Å². The number of rotatable bonds is 6. The van der Waals surface area contributed by atoms with Gasteiger partial charge < -0.3 is 15.0 Å². The number of hydrogen-bond donors (Lipinski definition) is 0. The second-order valence-electron chi connectivity index (χ2n) is 4.63. The van der Waals surface area contributed by atoms with Crippen molar-refractivity contribution in [3.8, 4) is 0 Å². The highest BCUT2D eigenvalue weighted by atomic mass is 79.9. The van der Waals surface area contributed by atoms with Gasteiger partial charge in [0.05, 0.1) is 40.3 Å². The molecular weight excluding hydrogens is 356 g/mol. The van der Waals surface area contributed by atoms with Gasteiger partial charge in [-0.15, -0.1) is 0 Å². The molecule has 2 rings (SSSR count). The Morgan fingerprint density at radius 1 is 1.55 bits per heavy atom. The number of nitrogens with zero attached hydrogens (tertiary/aromatic N) is 6. The van der Waals surface area contributed by atoms with Gasteiger partial charge in [-0.25, -0.2) is 0 Å². The molecule has 2 aromatic heterocycles. The van der Waals surface area contributed by atoms with Crippen LogP contribution in [0.5, 0.6) is 0 Å². The molecule has 9 nitrogen and oxygen atoms in total. The number of amides is 1. The molecule has 1 amide bonds. The Bertz CT molecular complexity index is 695. The maximum atomic E-state index is 12.2. The number of hydrogen-bond acceptors (Lipinski definition) is 5. The Balaban J connectivity index is 2.02. The molecule has 0 spiro atoms. The molecule has 0 aliphatic rings. The summed E-state index contributed by atoms with van der Waals surface area (Å²) in [4.78, 5) is 23.7. The van der Waals surface area contributed by atoms with Crippen LogP contribution in [0.25, 0.3) is 0 Å². The number of aromatic nitrogens is 4. The van der Waals surface area contributed by atoms with Crippen LogP contribution >= 0.6 is 15.9 Å². The van der Waals surface area contributed by atoms with Crippen molar-refractivity contribution in [2.24, 2.45) is 0 Å². The van der Waals surface area contributed by atoms with E-state index in [9.17, 15) is 14.9 Å². The predicted octanol–water partition coefficient (Wildman–Crippen LogP) is 1.43. The molecule has 2 heterocycles. The summed E-state index contributed by atoms with van der Waals surface area (Å²) in [5.41, 5.74) is 0.893. The van der Waals surface area contributed by atoms with E-state index < -0.39 is 4.92 Å². The summed E-state index contributed by atoms with van der Waals surface area (Å²) in [6, 6.07) is 1.26. The zero-order valence-corrected chi connectivity index (χ0v) is 13.7. The van der Waals surface area contributed by atoms with Crippen LogP contribution in [0.2, 0.25) is 0 Å². The van der Waals surface area contributed by atoms with Gasteiger partial charge in [0.25, 0.3) is 0 Å². The summed E-state index contributed by atoms with van der Waals surface area (Å²) in [5, 5.41) is 18.5. The van der Waals surface area contributed by atoms with Crippen LogP contribution in [-0.2, 0) is 24.4 Å². The number of halogens is 1. The zero-order valence-electron chi connectivity index (χ0n) is 12.1. The van der Waals surface area contributed by atoms with Gasteiger partial charge in [0.2, 0.25) is 5.91 Å². The molecule has 22 heavy (non-hydrogen) atoms. The number of likely N-dealkylation sites (N-methyl/N-ethyl adjacent to an activating group) is 1. The van der Waals surface area contributed by atoms with E-state index >= 15 is 0 Å². The Kier molecular flexibility index (Phi) is 4.91. The molecule has 0 saturated carbocycles. The Hall–Kier alpha value is -2.23. The Morgan fingerprint density at radius 3 is 2.86 bits per heavy atom. The van der Waals surface area contributed by atoms with E-state index in [2.05, 4.69) is 26.1 Å². The monoisotopic (exact) mass is 370 g/mol. The quantitative estimate of drug-likeness (QED) is 0.565. The first-order valence-corrected chi connectivity index (χ1v) is 7.33. The fourth-order valence-corrected chi connectivity index (χ4v) is 2.35. The van der Waals surface area contributed by atoms with Crippen LogP contribution in [0.4, 0.5) is 5.82 Å². The highest BCUT2D eigenvalue weighted by molar-refractivity contribution is 9.10. The molecule has 0 aliphatic heterocycles. The standard InChI is InChI=1S/C12H15BrN6O3/c1-3-18-10(9(13)6-14-18)7-16(2)12(20)8-17-5-4-11(15-17)19(21)22/h4-6H,3,7-8H2,1-2H3. The Morgan fingerprint density at radius 2 is 2.27 bits per heavy atom. The van der Waals surface area contributed by atoms with E-state index in [0.717, 1.165) is 10.2 Å². The molecule has 0 fully saturated rings. The fraction of sp³-hybridized carbons (Fsp3) is 0.417.